The Morgan fingerprint density at radius 2 is 2.42 bits per heavy atom. The molecule has 0 aliphatic carbocycles. The number of nitrogen functional groups attached to an aromatic ring is 1. The van der Waals surface area contributed by atoms with Crippen molar-refractivity contribution in [1.29, 1.82) is 0 Å². The summed E-state index contributed by atoms with van der Waals surface area (Å²) in [6.45, 7) is 5.69. The molecule has 1 aliphatic heterocycles. The van der Waals surface area contributed by atoms with Crippen LogP contribution in [0.15, 0.2) is 11.6 Å². The van der Waals surface area contributed by atoms with Gasteiger partial charge in [0.2, 0.25) is 0 Å². The van der Waals surface area contributed by atoms with Crippen LogP contribution >= 0.6 is 22.7 Å². The van der Waals surface area contributed by atoms with E-state index >= 15 is 0 Å². The highest BCUT2D eigenvalue weighted by Gasteiger charge is 2.17. The lowest BCUT2D eigenvalue weighted by atomic mass is 10.0. The second-order valence-corrected chi connectivity index (χ2v) is 7.18. The molecule has 1 fully saturated rings. The highest BCUT2D eigenvalue weighted by molar-refractivity contribution is 7.16. The molecule has 0 amide bonds. The maximum atomic E-state index is 5.67. The molecule has 2 aromatic rings. The van der Waals surface area contributed by atoms with Gasteiger partial charge in [-0.1, -0.05) is 6.92 Å². The summed E-state index contributed by atoms with van der Waals surface area (Å²) in [6, 6.07) is 0. The summed E-state index contributed by atoms with van der Waals surface area (Å²) in [5.74, 6) is 0.812. The number of nitrogens with zero attached hydrogens (tertiary/aromatic N) is 3. The van der Waals surface area contributed by atoms with Gasteiger partial charge in [-0.3, -0.25) is 4.90 Å². The van der Waals surface area contributed by atoms with Gasteiger partial charge in [-0.2, -0.15) is 0 Å². The van der Waals surface area contributed by atoms with Gasteiger partial charge in [0.15, 0.2) is 5.13 Å². The lowest BCUT2D eigenvalue weighted by molar-refractivity contribution is 0.176. The number of nitrogens with two attached hydrogens (primary N) is 1. The van der Waals surface area contributed by atoms with Crippen molar-refractivity contribution in [2.75, 3.05) is 18.8 Å². The van der Waals surface area contributed by atoms with E-state index in [9.17, 15) is 0 Å². The Bertz CT molecular complexity index is 548. The first-order valence-electron chi connectivity index (χ1n) is 6.59. The van der Waals surface area contributed by atoms with E-state index in [4.69, 9.17) is 5.73 Å². The summed E-state index contributed by atoms with van der Waals surface area (Å²) in [4.78, 5) is 12.5. The highest BCUT2D eigenvalue weighted by Crippen LogP contribution is 2.29. The Balaban J connectivity index is 1.68. The van der Waals surface area contributed by atoms with Crippen molar-refractivity contribution in [2.24, 2.45) is 5.92 Å². The van der Waals surface area contributed by atoms with Crippen LogP contribution in [0.2, 0.25) is 0 Å². The summed E-state index contributed by atoms with van der Waals surface area (Å²) in [6.07, 6.45) is 4.58. The van der Waals surface area contributed by atoms with Gasteiger partial charge < -0.3 is 5.73 Å². The van der Waals surface area contributed by atoms with Crippen LogP contribution < -0.4 is 5.73 Å². The number of hydrogen-bond donors (Lipinski definition) is 1. The number of aromatic nitrogens is 2. The number of likely N-dealkylation sites (tertiary alicyclic amines) is 1. The zero-order chi connectivity index (χ0) is 13.2. The van der Waals surface area contributed by atoms with Crippen molar-refractivity contribution in [2.45, 2.75) is 26.3 Å². The smallest absolute Gasteiger partial charge is 0.180 e. The van der Waals surface area contributed by atoms with E-state index in [1.807, 2.05) is 11.6 Å². The average molecular weight is 294 g/mol. The van der Waals surface area contributed by atoms with Crippen LogP contribution in [0.3, 0.4) is 0 Å². The fourth-order valence-electron chi connectivity index (χ4n) is 2.52. The predicted molar refractivity (Wildman–Crippen MR) is 81.3 cm³/mol. The molecule has 0 aromatic carbocycles. The van der Waals surface area contributed by atoms with Crippen LogP contribution in [0, 0.1) is 5.92 Å². The minimum atomic E-state index is 0.620. The number of rotatable bonds is 3. The van der Waals surface area contributed by atoms with Gasteiger partial charge in [-0.15, -0.1) is 22.7 Å². The maximum Gasteiger partial charge on any atom is 0.180 e. The number of thiazole rings is 2. The summed E-state index contributed by atoms with van der Waals surface area (Å²) >= 11 is 3.21. The lowest BCUT2D eigenvalue weighted by Crippen LogP contribution is -2.33. The Labute approximate surface area is 121 Å². The molecule has 1 saturated heterocycles. The zero-order valence-corrected chi connectivity index (χ0v) is 12.6. The molecular formula is C13H18N4S2. The largest absolute Gasteiger partial charge is 0.375 e. The second kappa shape index (κ2) is 5.56. The molecule has 2 aromatic heterocycles. The molecule has 0 saturated carbocycles. The summed E-state index contributed by atoms with van der Waals surface area (Å²) in [5, 5.41) is 3.79. The average Bonchev–Trinajstić information content (AvgIpc) is 2.98. The van der Waals surface area contributed by atoms with Crippen molar-refractivity contribution in [3.8, 4) is 10.6 Å². The van der Waals surface area contributed by atoms with Gasteiger partial charge in [0.05, 0.1) is 17.1 Å². The first kappa shape index (κ1) is 13.0. The van der Waals surface area contributed by atoms with E-state index in [0.717, 1.165) is 23.0 Å². The number of anilines is 1. The quantitative estimate of drug-likeness (QED) is 0.945. The molecule has 1 atom stereocenters. The normalized spacial score (nSPS) is 20.8. The molecule has 3 rings (SSSR count). The minimum absolute atomic E-state index is 0.620. The lowest BCUT2D eigenvalue weighted by Gasteiger charge is -2.29. The van der Waals surface area contributed by atoms with Crippen LogP contribution in [0.5, 0.6) is 0 Å². The van der Waals surface area contributed by atoms with E-state index in [1.54, 1.807) is 11.3 Å². The van der Waals surface area contributed by atoms with Crippen molar-refractivity contribution in [1.82, 2.24) is 14.9 Å². The standard InChI is InChI=1S/C13H18N4S2/c1-9-3-2-4-17(6-9)7-12-15-5-11(19-12)10-8-18-13(14)16-10/h5,8-9H,2-4,6-7H2,1H3,(H2,14,16). The Kier molecular flexibility index (Phi) is 3.81. The van der Waals surface area contributed by atoms with Crippen LogP contribution in [0.4, 0.5) is 5.13 Å². The molecule has 0 bridgehead atoms. The maximum absolute atomic E-state index is 5.67. The third kappa shape index (κ3) is 3.13. The van der Waals surface area contributed by atoms with Crippen LogP contribution in [-0.2, 0) is 6.54 Å². The third-order valence-corrected chi connectivity index (χ3v) is 5.11. The highest BCUT2D eigenvalue weighted by atomic mass is 32.1. The number of hydrogen-bond acceptors (Lipinski definition) is 6. The molecular weight excluding hydrogens is 276 g/mol. The Morgan fingerprint density at radius 3 is 3.16 bits per heavy atom. The van der Waals surface area contributed by atoms with Crippen molar-refractivity contribution < 1.29 is 0 Å². The Morgan fingerprint density at radius 1 is 1.53 bits per heavy atom. The van der Waals surface area contributed by atoms with Gasteiger partial charge in [0.1, 0.15) is 5.01 Å². The van der Waals surface area contributed by atoms with E-state index in [2.05, 4.69) is 21.8 Å². The van der Waals surface area contributed by atoms with Gasteiger partial charge >= 0.3 is 0 Å². The minimum Gasteiger partial charge on any atom is -0.375 e. The first-order valence-corrected chi connectivity index (χ1v) is 8.29. The van der Waals surface area contributed by atoms with Gasteiger partial charge in [0, 0.05) is 18.1 Å². The fourth-order valence-corrected chi connectivity index (χ4v) is 4.08. The van der Waals surface area contributed by atoms with Crippen LogP contribution in [0.1, 0.15) is 24.8 Å². The van der Waals surface area contributed by atoms with Crippen molar-refractivity contribution in [3.63, 3.8) is 0 Å². The van der Waals surface area contributed by atoms with Crippen LogP contribution in [0.25, 0.3) is 10.6 Å². The van der Waals surface area contributed by atoms with E-state index in [1.165, 1.54) is 42.3 Å². The Hall–Kier alpha value is -0.980. The van der Waals surface area contributed by atoms with Crippen molar-refractivity contribution >= 4 is 27.8 Å². The SMILES string of the molecule is CC1CCCN(Cc2ncc(-c3csc(N)n3)s2)C1. The topological polar surface area (TPSA) is 55.0 Å². The molecule has 102 valence electrons. The molecule has 6 heteroatoms. The van der Waals surface area contributed by atoms with Crippen LogP contribution in [-0.4, -0.2) is 28.0 Å². The molecule has 0 spiro atoms. The first-order chi connectivity index (χ1) is 9.20. The molecule has 1 aliphatic rings. The zero-order valence-electron chi connectivity index (χ0n) is 11.0. The monoisotopic (exact) mass is 294 g/mol. The molecule has 19 heavy (non-hydrogen) atoms. The molecule has 3 heterocycles. The summed E-state index contributed by atoms with van der Waals surface area (Å²) in [5.41, 5.74) is 6.63. The van der Waals surface area contributed by atoms with E-state index < -0.39 is 0 Å². The van der Waals surface area contributed by atoms with Crippen molar-refractivity contribution in [3.05, 3.63) is 16.6 Å². The molecule has 4 nitrogen and oxygen atoms in total. The number of piperidine rings is 1. The third-order valence-electron chi connectivity index (χ3n) is 3.43. The molecule has 0 radical (unpaired) electrons. The summed E-state index contributed by atoms with van der Waals surface area (Å²) in [7, 11) is 0. The van der Waals surface area contributed by atoms with E-state index in [0.29, 0.717) is 5.13 Å². The molecule has 1 unspecified atom stereocenters. The van der Waals surface area contributed by atoms with E-state index in [-0.39, 0.29) is 0 Å². The molecule has 2 N–H and O–H groups in total. The summed E-state index contributed by atoms with van der Waals surface area (Å²) < 4.78 is 0. The fraction of sp³-hybridized carbons (Fsp3) is 0.538. The van der Waals surface area contributed by atoms with Gasteiger partial charge in [-0.25, -0.2) is 9.97 Å². The second-order valence-electron chi connectivity index (χ2n) is 5.17. The van der Waals surface area contributed by atoms with Gasteiger partial charge in [0.25, 0.3) is 0 Å². The predicted octanol–water partition coefficient (Wildman–Crippen LogP) is 3.08. The van der Waals surface area contributed by atoms with Gasteiger partial charge in [-0.05, 0) is 25.3 Å².